The van der Waals surface area contributed by atoms with Crippen LogP contribution in [0.3, 0.4) is 0 Å². The Morgan fingerprint density at radius 2 is 1.00 bits per heavy atom. The van der Waals surface area contributed by atoms with Gasteiger partial charge in [-0.15, -0.1) is 0 Å². The predicted molar refractivity (Wildman–Crippen MR) is 222 cm³/mol. The van der Waals surface area contributed by atoms with Crippen LogP contribution in [0.5, 0.6) is 0 Å². The Hall–Kier alpha value is -1.77. The van der Waals surface area contributed by atoms with Gasteiger partial charge in [0, 0.05) is 12.8 Å². The van der Waals surface area contributed by atoms with Crippen molar-refractivity contribution in [2.24, 2.45) is 0 Å². The number of phosphoric ester groups is 1. The van der Waals surface area contributed by atoms with E-state index in [4.69, 9.17) is 18.5 Å². The molecular formula is C44H82NO8P. The fourth-order valence-corrected chi connectivity index (χ4v) is 6.45. The number of hydrogen-bond donors (Lipinski definition) is 0. The third-order valence-corrected chi connectivity index (χ3v) is 10.1. The number of hydrogen-bond acceptors (Lipinski definition) is 8. The molecule has 10 heteroatoms. The zero-order valence-corrected chi connectivity index (χ0v) is 36.3. The van der Waals surface area contributed by atoms with E-state index in [2.05, 4.69) is 50.3 Å². The Morgan fingerprint density at radius 3 is 1.52 bits per heavy atom. The standard InChI is InChI=1S/C44H82NO8P/c1-6-8-10-12-14-16-18-20-21-22-23-25-27-29-31-33-35-37-44(47)53-42(41-52-54(48,49)51-39-38-45(3,4)5)40-50-43(46)36-34-32-30-28-26-24-19-17-15-13-11-9-7-2/h14,16,20-21,23,25,42H,6-13,15,17-19,22,24,26-41H2,1-5H3/b16-14+,21-20+,25-23+/t42-/m0/s1. The molecule has 0 N–H and O–H groups in total. The summed E-state index contributed by atoms with van der Waals surface area (Å²) in [5.41, 5.74) is 0. The van der Waals surface area contributed by atoms with Gasteiger partial charge < -0.3 is 27.9 Å². The maximum absolute atomic E-state index is 12.7. The van der Waals surface area contributed by atoms with E-state index in [-0.39, 0.29) is 32.0 Å². The summed E-state index contributed by atoms with van der Waals surface area (Å²) < 4.78 is 33.8. The maximum atomic E-state index is 12.7. The number of carbonyl (C=O) groups is 2. The molecule has 0 saturated heterocycles. The van der Waals surface area contributed by atoms with Crippen LogP contribution in [0.2, 0.25) is 0 Å². The van der Waals surface area contributed by atoms with Crippen molar-refractivity contribution in [3.63, 3.8) is 0 Å². The maximum Gasteiger partial charge on any atom is 0.306 e. The first kappa shape index (κ1) is 52.2. The fraction of sp³-hybridized carbons (Fsp3) is 0.818. The highest BCUT2D eigenvalue weighted by atomic mass is 31.2. The first-order valence-corrected chi connectivity index (χ1v) is 23.2. The Balaban J connectivity index is 4.41. The minimum absolute atomic E-state index is 0.0349. The number of phosphoric acid groups is 1. The number of unbranched alkanes of at least 4 members (excludes halogenated alkanes) is 19. The van der Waals surface area contributed by atoms with Crippen molar-refractivity contribution >= 4 is 19.8 Å². The molecule has 0 aromatic rings. The average Bonchev–Trinajstić information content (AvgIpc) is 3.12. The quantitative estimate of drug-likeness (QED) is 0.0199. The summed E-state index contributed by atoms with van der Waals surface area (Å²) in [4.78, 5) is 37.5. The number of quaternary nitrogens is 1. The van der Waals surface area contributed by atoms with Crippen LogP contribution in [0.25, 0.3) is 0 Å². The molecule has 1 unspecified atom stereocenters. The van der Waals surface area contributed by atoms with Crippen molar-refractivity contribution in [2.75, 3.05) is 47.5 Å². The molecule has 0 aromatic carbocycles. The van der Waals surface area contributed by atoms with Crippen LogP contribution in [-0.4, -0.2) is 70.0 Å². The summed E-state index contributed by atoms with van der Waals surface area (Å²) >= 11 is 0. The molecule has 0 spiro atoms. The van der Waals surface area contributed by atoms with Crippen LogP contribution >= 0.6 is 7.82 Å². The molecule has 0 saturated carbocycles. The molecule has 2 atom stereocenters. The van der Waals surface area contributed by atoms with Crippen LogP contribution in [0.1, 0.15) is 181 Å². The molecule has 0 radical (unpaired) electrons. The van der Waals surface area contributed by atoms with Gasteiger partial charge in [0.05, 0.1) is 27.7 Å². The Bertz CT molecular complexity index is 1020. The Labute approximate surface area is 331 Å². The number of rotatable bonds is 39. The summed E-state index contributed by atoms with van der Waals surface area (Å²) in [5, 5.41) is 0. The molecule has 0 aromatic heterocycles. The Morgan fingerprint density at radius 1 is 0.574 bits per heavy atom. The van der Waals surface area contributed by atoms with E-state index in [1.54, 1.807) is 0 Å². The number of carbonyl (C=O) groups excluding carboxylic acids is 2. The zero-order valence-electron chi connectivity index (χ0n) is 35.4. The van der Waals surface area contributed by atoms with Gasteiger partial charge >= 0.3 is 11.9 Å². The van der Waals surface area contributed by atoms with Crippen LogP contribution in [0.15, 0.2) is 36.5 Å². The molecule has 0 heterocycles. The second-order valence-electron chi connectivity index (χ2n) is 15.7. The first-order chi connectivity index (χ1) is 26.0. The topological polar surface area (TPSA) is 111 Å². The molecule has 0 aliphatic rings. The molecule has 0 amide bonds. The van der Waals surface area contributed by atoms with E-state index in [0.29, 0.717) is 17.4 Å². The number of ether oxygens (including phenoxy) is 2. The van der Waals surface area contributed by atoms with Gasteiger partial charge in [-0.05, 0) is 51.4 Å². The summed E-state index contributed by atoms with van der Waals surface area (Å²) in [7, 11) is 1.15. The second kappa shape index (κ2) is 36.8. The van der Waals surface area contributed by atoms with Crippen LogP contribution < -0.4 is 4.89 Å². The number of allylic oxidation sites excluding steroid dienone is 6. The molecule has 0 aliphatic carbocycles. The molecule has 316 valence electrons. The normalized spacial score (nSPS) is 14.0. The summed E-state index contributed by atoms with van der Waals surface area (Å²) in [6.45, 7) is 4.17. The van der Waals surface area contributed by atoms with Gasteiger partial charge in [-0.2, -0.15) is 0 Å². The van der Waals surface area contributed by atoms with Crippen LogP contribution in [0.4, 0.5) is 0 Å². The van der Waals surface area contributed by atoms with E-state index in [0.717, 1.165) is 57.8 Å². The molecule has 0 aliphatic heterocycles. The van der Waals surface area contributed by atoms with E-state index in [9.17, 15) is 19.0 Å². The van der Waals surface area contributed by atoms with Gasteiger partial charge in [-0.3, -0.25) is 14.2 Å². The molecular weight excluding hydrogens is 701 g/mol. The third kappa shape index (κ3) is 39.9. The minimum atomic E-state index is -4.63. The molecule has 0 bridgehead atoms. The fourth-order valence-electron chi connectivity index (χ4n) is 5.72. The van der Waals surface area contributed by atoms with Crippen molar-refractivity contribution in [1.82, 2.24) is 0 Å². The molecule has 0 fully saturated rings. The summed E-state index contributed by atoms with van der Waals surface area (Å²) in [5.74, 6) is -0.857. The number of likely N-dealkylation sites (N-methyl/N-ethyl adjacent to an activating group) is 1. The highest BCUT2D eigenvalue weighted by molar-refractivity contribution is 7.45. The monoisotopic (exact) mass is 784 g/mol. The zero-order chi connectivity index (χ0) is 40.0. The smallest absolute Gasteiger partial charge is 0.306 e. The van der Waals surface area contributed by atoms with Gasteiger partial charge in [0.25, 0.3) is 7.82 Å². The summed E-state index contributed by atoms with van der Waals surface area (Å²) in [6.07, 6.45) is 40.2. The largest absolute Gasteiger partial charge is 0.756 e. The minimum Gasteiger partial charge on any atom is -0.756 e. The second-order valence-corrected chi connectivity index (χ2v) is 17.1. The lowest BCUT2D eigenvalue weighted by atomic mass is 10.0. The number of nitrogens with zero attached hydrogens (tertiary/aromatic N) is 1. The molecule has 9 nitrogen and oxygen atoms in total. The average molecular weight is 784 g/mol. The van der Waals surface area contributed by atoms with E-state index >= 15 is 0 Å². The van der Waals surface area contributed by atoms with E-state index < -0.39 is 26.5 Å². The van der Waals surface area contributed by atoms with Gasteiger partial charge in [-0.25, -0.2) is 0 Å². The predicted octanol–water partition coefficient (Wildman–Crippen LogP) is 11.5. The van der Waals surface area contributed by atoms with Crippen molar-refractivity contribution < 1.29 is 42.1 Å². The van der Waals surface area contributed by atoms with Gasteiger partial charge in [-0.1, -0.05) is 153 Å². The van der Waals surface area contributed by atoms with Gasteiger partial charge in [0.15, 0.2) is 6.10 Å². The van der Waals surface area contributed by atoms with Crippen molar-refractivity contribution in [2.45, 2.75) is 187 Å². The highest BCUT2D eigenvalue weighted by Gasteiger charge is 2.21. The lowest BCUT2D eigenvalue weighted by molar-refractivity contribution is -0.870. The van der Waals surface area contributed by atoms with E-state index in [1.807, 2.05) is 21.1 Å². The van der Waals surface area contributed by atoms with Crippen LogP contribution in [-0.2, 0) is 32.7 Å². The van der Waals surface area contributed by atoms with E-state index in [1.165, 1.54) is 89.9 Å². The Kier molecular flexibility index (Phi) is 35.6. The lowest BCUT2D eigenvalue weighted by Crippen LogP contribution is -2.37. The first-order valence-electron chi connectivity index (χ1n) is 21.7. The van der Waals surface area contributed by atoms with Crippen molar-refractivity contribution in [1.29, 1.82) is 0 Å². The van der Waals surface area contributed by atoms with Gasteiger partial charge in [0.1, 0.15) is 19.8 Å². The van der Waals surface area contributed by atoms with Crippen LogP contribution in [0, 0.1) is 0 Å². The highest BCUT2D eigenvalue weighted by Crippen LogP contribution is 2.38. The van der Waals surface area contributed by atoms with Crippen molar-refractivity contribution in [3.05, 3.63) is 36.5 Å². The molecule has 0 rings (SSSR count). The lowest BCUT2D eigenvalue weighted by Gasteiger charge is -2.28. The van der Waals surface area contributed by atoms with Crippen molar-refractivity contribution in [3.8, 4) is 0 Å². The third-order valence-electron chi connectivity index (χ3n) is 9.16. The van der Waals surface area contributed by atoms with Gasteiger partial charge in [0.2, 0.25) is 0 Å². The number of esters is 2. The SMILES string of the molecule is CCCCC/C=C/C/C=C/C/C=C/CCCCCCC(=O)O[C@@H](COC(=O)CCCCCCCCCCCCCCC)COP(=O)([O-])OCC[N+](C)(C)C. The molecule has 54 heavy (non-hydrogen) atoms. The summed E-state index contributed by atoms with van der Waals surface area (Å²) in [6, 6.07) is 0.